The summed E-state index contributed by atoms with van der Waals surface area (Å²) < 4.78 is 8.29. The van der Waals surface area contributed by atoms with Crippen LogP contribution in [0.4, 0.5) is 16.2 Å². The van der Waals surface area contributed by atoms with Crippen LogP contribution in [0.1, 0.15) is 31.2 Å². The van der Waals surface area contributed by atoms with Gasteiger partial charge in [-0.1, -0.05) is 30.3 Å². The smallest absolute Gasteiger partial charge is 0.316 e. The Hall–Kier alpha value is -3.19. The number of unbranched alkanes of at least 4 members (excludes halogenated alkanes) is 1. The highest BCUT2D eigenvalue weighted by molar-refractivity contribution is 6.00. The lowest BCUT2D eigenvalue weighted by molar-refractivity contribution is 0.259. The van der Waals surface area contributed by atoms with E-state index in [4.69, 9.17) is 10.5 Å². The fourth-order valence-corrected chi connectivity index (χ4v) is 5.34. The molecule has 0 spiro atoms. The number of fused-ring (bicyclic) bond motifs is 2. The van der Waals surface area contributed by atoms with Gasteiger partial charge in [-0.25, -0.2) is 4.79 Å². The molecule has 1 saturated heterocycles. The average molecular weight is 462 g/mol. The quantitative estimate of drug-likeness (QED) is 0.510. The van der Waals surface area contributed by atoms with Gasteiger partial charge in [0.15, 0.2) is 0 Å². The molecule has 2 aliphatic heterocycles. The van der Waals surface area contributed by atoms with Crippen molar-refractivity contribution in [1.82, 2.24) is 9.47 Å². The maximum atomic E-state index is 11.4. The monoisotopic (exact) mass is 461 g/mol. The minimum atomic E-state index is -0.527. The van der Waals surface area contributed by atoms with E-state index in [1.807, 2.05) is 24.4 Å². The Bertz CT molecular complexity index is 1140. The number of amides is 2. The van der Waals surface area contributed by atoms with E-state index in [-0.39, 0.29) is 0 Å². The highest BCUT2D eigenvalue weighted by Crippen LogP contribution is 2.36. The summed E-state index contributed by atoms with van der Waals surface area (Å²) in [7, 11) is 0. The van der Waals surface area contributed by atoms with Gasteiger partial charge in [0.1, 0.15) is 5.75 Å². The summed E-state index contributed by atoms with van der Waals surface area (Å²) in [5.74, 6) is 1.12. The largest absolute Gasteiger partial charge is 0.491 e. The number of nitrogens with one attached hydrogen (secondary N) is 1. The summed E-state index contributed by atoms with van der Waals surface area (Å²) in [4.78, 5) is 16.5. The molecule has 0 atom stereocenters. The van der Waals surface area contributed by atoms with Crippen molar-refractivity contribution < 1.29 is 9.53 Å². The van der Waals surface area contributed by atoms with Gasteiger partial charge in [0.05, 0.1) is 23.5 Å². The van der Waals surface area contributed by atoms with Crippen LogP contribution in [0, 0.1) is 0 Å². The predicted molar refractivity (Wildman–Crippen MR) is 138 cm³/mol. The van der Waals surface area contributed by atoms with Crippen LogP contribution in [0.3, 0.4) is 0 Å². The molecule has 1 fully saturated rings. The highest BCUT2D eigenvalue weighted by atomic mass is 16.5. The lowest BCUT2D eigenvalue weighted by atomic mass is 10.0. The first-order chi connectivity index (χ1) is 16.7. The summed E-state index contributed by atoms with van der Waals surface area (Å²) in [6.45, 7) is 7.23. The number of benzene rings is 2. The molecule has 0 bridgehead atoms. The van der Waals surface area contributed by atoms with E-state index in [1.54, 1.807) is 0 Å². The molecule has 0 unspecified atom stereocenters. The van der Waals surface area contributed by atoms with Crippen LogP contribution >= 0.6 is 0 Å². The number of nitrogens with two attached hydrogens (primary N) is 1. The Balaban J connectivity index is 1.14. The summed E-state index contributed by atoms with van der Waals surface area (Å²) >= 11 is 0. The number of hydrogen-bond acceptors (Lipinski definition) is 4. The molecule has 2 aromatic carbocycles. The Kier molecular flexibility index (Phi) is 6.90. The topological polar surface area (TPSA) is 75.8 Å². The van der Waals surface area contributed by atoms with E-state index in [2.05, 4.69) is 43.9 Å². The van der Waals surface area contributed by atoms with Crippen LogP contribution in [0.15, 0.2) is 48.7 Å². The minimum Gasteiger partial charge on any atom is -0.491 e. The summed E-state index contributed by atoms with van der Waals surface area (Å²) in [6, 6.07) is 14.2. The fourth-order valence-electron chi connectivity index (χ4n) is 5.34. The van der Waals surface area contributed by atoms with Crippen molar-refractivity contribution in [3.63, 3.8) is 0 Å². The van der Waals surface area contributed by atoms with Crippen molar-refractivity contribution in [3.8, 4) is 5.75 Å². The second-order valence-electron chi connectivity index (χ2n) is 9.35. The molecule has 180 valence electrons. The third-order valence-corrected chi connectivity index (χ3v) is 7.01. The van der Waals surface area contributed by atoms with Crippen molar-refractivity contribution in [3.05, 3.63) is 54.2 Å². The number of ether oxygens (including phenoxy) is 1. The van der Waals surface area contributed by atoms with Crippen LogP contribution in [0.2, 0.25) is 0 Å². The molecule has 3 N–H and O–H groups in total. The molecule has 3 heterocycles. The molecule has 5 rings (SSSR count). The molecule has 3 aromatic rings. The predicted octanol–water partition coefficient (Wildman–Crippen LogP) is 4.45. The molecular formula is C27H35N5O2. The Morgan fingerprint density at radius 2 is 1.85 bits per heavy atom. The van der Waals surface area contributed by atoms with Crippen molar-refractivity contribution in [2.45, 2.75) is 38.6 Å². The maximum absolute atomic E-state index is 11.4. The number of hydrogen-bond donors (Lipinski definition) is 2. The number of urea groups is 1. The molecule has 2 amide bonds. The lowest BCUT2D eigenvalue weighted by Gasteiger charge is -2.28. The van der Waals surface area contributed by atoms with Crippen LogP contribution in [0.25, 0.3) is 10.9 Å². The third-order valence-electron chi connectivity index (χ3n) is 7.01. The van der Waals surface area contributed by atoms with Gasteiger partial charge in [0.25, 0.3) is 0 Å². The van der Waals surface area contributed by atoms with Gasteiger partial charge >= 0.3 is 6.03 Å². The molecule has 0 aliphatic carbocycles. The summed E-state index contributed by atoms with van der Waals surface area (Å²) in [5.41, 5.74) is 9.89. The summed E-state index contributed by atoms with van der Waals surface area (Å²) in [5, 5.41) is 3.78. The Morgan fingerprint density at radius 1 is 0.971 bits per heavy atom. The zero-order valence-electron chi connectivity index (χ0n) is 19.8. The van der Waals surface area contributed by atoms with Crippen LogP contribution in [0.5, 0.6) is 5.75 Å². The van der Waals surface area contributed by atoms with Crippen molar-refractivity contribution >= 4 is 28.3 Å². The molecule has 7 heteroatoms. The van der Waals surface area contributed by atoms with Crippen molar-refractivity contribution in [1.29, 1.82) is 0 Å². The normalized spacial score (nSPS) is 16.6. The van der Waals surface area contributed by atoms with E-state index in [0.717, 1.165) is 93.9 Å². The van der Waals surface area contributed by atoms with Gasteiger partial charge in [-0.3, -0.25) is 0 Å². The summed E-state index contributed by atoms with van der Waals surface area (Å²) in [6.07, 6.45) is 7.66. The first-order valence-electron chi connectivity index (χ1n) is 12.6. The van der Waals surface area contributed by atoms with Crippen LogP contribution in [-0.2, 0) is 13.0 Å². The number of primary amides is 1. The first kappa shape index (κ1) is 22.6. The van der Waals surface area contributed by atoms with Gasteiger partial charge < -0.3 is 30.2 Å². The van der Waals surface area contributed by atoms with E-state index in [1.165, 1.54) is 17.7 Å². The standard InChI is InChI=1S/C27H35N5O2/c28-27(33)29-23-20-32(24-11-2-1-10-22(23)24)15-4-3-13-30-14-7-16-31(18-17-30)25-12-5-8-21-9-6-19-34-26(21)25/h1-2,5,8,10-12,20H,3-4,6-7,9,13-19H2,(H3,28,29,33). The molecule has 7 nitrogen and oxygen atoms in total. The maximum Gasteiger partial charge on any atom is 0.316 e. The third kappa shape index (κ3) is 4.99. The van der Waals surface area contributed by atoms with Crippen LogP contribution in [-0.4, -0.2) is 54.8 Å². The van der Waals surface area contributed by atoms with Crippen LogP contribution < -0.4 is 20.7 Å². The molecule has 1 aromatic heterocycles. The number of anilines is 2. The lowest BCUT2D eigenvalue weighted by Crippen LogP contribution is -2.32. The Labute approximate surface area is 201 Å². The molecule has 2 aliphatic rings. The SMILES string of the molecule is NC(=O)Nc1cn(CCCCN2CCCN(c3cccc4c3OCCC4)CC2)c2ccccc12. The zero-order chi connectivity index (χ0) is 23.3. The van der Waals surface area contributed by atoms with E-state index >= 15 is 0 Å². The highest BCUT2D eigenvalue weighted by Gasteiger charge is 2.21. The number of aromatic nitrogens is 1. The number of nitrogens with zero attached hydrogens (tertiary/aromatic N) is 3. The van der Waals surface area contributed by atoms with E-state index < -0.39 is 6.03 Å². The van der Waals surface area contributed by atoms with Gasteiger partial charge in [-0.15, -0.1) is 0 Å². The van der Waals surface area contributed by atoms with Crippen molar-refractivity contribution in [2.75, 3.05) is 49.5 Å². The molecular weight excluding hydrogens is 426 g/mol. The van der Waals surface area contributed by atoms with Gasteiger partial charge in [-0.05, 0) is 62.9 Å². The number of rotatable bonds is 7. The zero-order valence-corrected chi connectivity index (χ0v) is 19.8. The molecule has 0 radical (unpaired) electrons. The first-order valence-corrected chi connectivity index (χ1v) is 12.6. The fraction of sp³-hybridized carbons (Fsp3) is 0.444. The molecule has 34 heavy (non-hydrogen) atoms. The Morgan fingerprint density at radius 3 is 2.76 bits per heavy atom. The van der Waals surface area contributed by atoms with Gasteiger partial charge in [0.2, 0.25) is 0 Å². The second-order valence-corrected chi connectivity index (χ2v) is 9.35. The van der Waals surface area contributed by atoms with Gasteiger partial charge in [-0.2, -0.15) is 0 Å². The van der Waals surface area contributed by atoms with Gasteiger partial charge in [0, 0.05) is 37.8 Å². The number of para-hydroxylation sites is 2. The minimum absolute atomic E-state index is 0.527. The second kappa shape index (κ2) is 10.4. The number of carbonyl (C=O) groups is 1. The van der Waals surface area contributed by atoms with Crippen molar-refractivity contribution in [2.24, 2.45) is 5.73 Å². The van der Waals surface area contributed by atoms with E-state index in [9.17, 15) is 4.79 Å². The van der Waals surface area contributed by atoms with E-state index in [0.29, 0.717) is 0 Å². The molecule has 0 saturated carbocycles. The average Bonchev–Trinajstić information content (AvgIpc) is 3.02. The number of carbonyl (C=O) groups excluding carboxylic acids is 1. The number of aryl methyl sites for hydroxylation is 2.